The maximum Gasteiger partial charge on any atom is 0.259 e. The molecule has 4 rings (SSSR count). The van der Waals surface area contributed by atoms with Crippen molar-refractivity contribution in [2.75, 3.05) is 5.32 Å². The number of para-hydroxylation sites is 1. The molecule has 25 heavy (non-hydrogen) atoms. The topological polar surface area (TPSA) is 80.7 Å². The summed E-state index contributed by atoms with van der Waals surface area (Å²) in [6.07, 6.45) is 6.63. The predicted molar refractivity (Wildman–Crippen MR) is 95.0 cm³/mol. The molecule has 0 atom stereocenters. The average Bonchev–Trinajstić information content (AvgIpc) is 2.68. The number of carbonyl (C=O) groups excluding carboxylic acids is 1. The smallest absolute Gasteiger partial charge is 0.259 e. The number of amides is 1. The number of hydrogen-bond acceptors (Lipinski definition) is 5. The number of anilines is 1. The van der Waals surface area contributed by atoms with Gasteiger partial charge in [-0.1, -0.05) is 18.2 Å². The molecule has 0 saturated carbocycles. The van der Waals surface area contributed by atoms with E-state index in [-0.39, 0.29) is 5.91 Å². The van der Waals surface area contributed by atoms with Crippen molar-refractivity contribution in [1.29, 1.82) is 0 Å². The number of pyridine rings is 2. The molecule has 4 aromatic rings. The van der Waals surface area contributed by atoms with Gasteiger partial charge in [0.2, 0.25) is 0 Å². The van der Waals surface area contributed by atoms with E-state index in [4.69, 9.17) is 0 Å². The Hall–Kier alpha value is -3.67. The number of rotatable bonds is 3. The van der Waals surface area contributed by atoms with Crippen LogP contribution in [-0.4, -0.2) is 25.8 Å². The van der Waals surface area contributed by atoms with Crippen molar-refractivity contribution in [2.45, 2.75) is 0 Å². The lowest BCUT2D eigenvalue weighted by Crippen LogP contribution is -2.14. The number of carbonyl (C=O) groups is 1. The van der Waals surface area contributed by atoms with Crippen LogP contribution in [0.25, 0.3) is 22.3 Å². The molecule has 120 valence electrons. The van der Waals surface area contributed by atoms with Crippen LogP contribution in [0.1, 0.15) is 10.4 Å². The SMILES string of the molecule is O=C(Nc1ccnc(-c2cccnc2)n1)c1cccc2cccnc12. The first-order chi connectivity index (χ1) is 12.3. The predicted octanol–water partition coefficient (Wildman–Crippen LogP) is 3.34. The van der Waals surface area contributed by atoms with Gasteiger partial charge in [0.25, 0.3) is 5.91 Å². The van der Waals surface area contributed by atoms with Gasteiger partial charge in [-0.25, -0.2) is 9.97 Å². The molecule has 0 saturated heterocycles. The summed E-state index contributed by atoms with van der Waals surface area (Å²) in [7, 11) is 0. The van der Waals surface area contributed by atoms with Crippen molar-refractivity contribution in [3.05, 3.63) is 78.9 Å². The molecule has 1 N–H and O–H groups in total. The molecular formula is C19H13N5O. The summed E-state index contributed by atoms with van der Waals surface area (Å²) >= 11 is 0. The fourth-order valence-electron chi connectivity index (χ4n) is 2.53. The van der Waals surface area contributed by atoms with Crippen LogP contribution >= 0.6 is 0 Å². The quantitative estimate of drug-likeness (QED) is 0.624. The minimum Gasteiger partial charge on any atom is -0.306 e. The van der Waals surface area contributed by atoms with Crippen LogP contribution in [0, 0.1) is 0 Å². The highest BCUT2D eigenvalue weighted by atomic mass is 16.1. The first-order valence-electron chi connectivity index (χ1n) is 7.70. The Morgan fingerprint density at radius 1 is 0.880 bits per heavy atom. The molecule has 0 bridgehead atoms. The molecule has 1 aromatic carbocycles. The Morgan fingerprint density at radius 3 is 2.64 bits per heavy atom. The lowest BCUT2D eigenvalue weighted by Gasteiger charge is -2.08. The highest BCUT2D eigenvalue weighted by Gasteiger charge is 2.12. The van der Waals surface area contributed by atoms with Gasteiger partial charge in [-0.15, -0.1) is 0 Å². The van der Waals surface area contributed by atoms with E-state index < -0.39 is 0 Å². The lowest BCUT2D eigenvalue weighted by molar-refractivity contribution is 0.102. The van der Waals surface area contributed by atoms with E-state index in [1.165, 1.54) is 0 Å². The van der Waals surface area contributed by atoms with E-state index in [0.717, 1.165) is 10.9 Å². The highest BCUT2D eigenvalue weighted by Crippen LogP contribution is 2.18. The molecule has 0 unspecified atom stereocenters. The molecule has 6 heteroatoms. The van der Waals surface area contributed by atoms with E-state index in [1.807, 2.05) is 36.4 Å². The summed E-state index contributed by atoms with van der Waals surface area (Å²) < 4.78 is 0. The third-order valence-corrected chi connectivity index (χ3v) is 3.69. The Kier molecular flexibility index (Phi) is 3.84. The number of fused-ring (bicyclic) bond motifs is 1. The Morgan fingerprint density at radius 2 is 1.76 bits per heavy atom. The summed E-state index contributed by atoms with van der Waals surface area (Å²) in [5.74, 6) is 0.661. The fraction of sp³-hybridized carbons (Fsp3) is 0. The van der Waals surface area contributed by atoms with Gasteiger partial charge in [0.05, 0.1) is 11.1 Å². The van der Waals surface area contributed by atoms with Crippen LogP contribution in [0.15, 0.2) is 73.3 Å². The molecule has 3 heterocycles. The van der Waals surface area contributed by atoms with Gasteiger partial charge >= 0.3 is 0 Å². The molecule has 0 aliphatic rings. The van der Waals surface area contributed by atoms with Crippen LogP contribution in [0.4, 0.5) is 5.82 Å². The van der Waals surface area contributed by atoms with E-state index in [0.29, 0.717) is 22.7 Å². The van der Waals surface area contributed by atoms with Crippen molar-refractivity contribution >= 4 is 22.6 Å². The summed E-state index contributed by atoms with van der Waals surface area (Å²) in [5, 5.41) is 3.72. The zero-order valence-electron chi connectivity index (χ0n) is 13.1. The number of nitrogens with zero attached hydrogens (tertiary/aromatic N) is 4. The molecule has 0 fully saturated rings. The third kappa shape index (κ3) is 3.05. The van der Waals surface area contributed by atoms with E-state index in [9.17, 15) is 4.79 Å². The van der Waals surface area contributed by atoms with Crippen LogP contribution in [0.3, 0.4) is 0 Å². The zero-order valence-corrected chi connectivity index (χ0v) is 13.1. The Bertz CT molecular complexity index is 1040. The molecule has 0 spiro atoms. The third-order valence-electron chi connectivity index (χ3n) is 3.69. The van der Waals surface area contributed by atoms with Crippen molar-refractivity contribution in [3.63, 3.8) is 0 Å². The molecule has 3 aromatic heterocycles. The number of nitrogens with one attached hydrogen (secondary N) is 1. The van der Waals surface area contributed by atoms with Gasteiger partial charge in [-0.2, -0.15) is 0 Å². The van der Waals surface area contributed by atoms with Crippen molar-refractivity contribution in [2.24, 2.45) is 0 Å². The van der Waals surface area contributed by atoms with Crippen molar-refractivity contribution < 1.29 is 4.79 Å². The van der Waals surface area contributed by atoms with Gasteiger partial charge in [-0.05, 0) is 30.3 Å². The minimum absolute atomic E-state index is 0.264. The van der Waals surface area contributed by atoms with Gasteiger partial charge in [-0.3, -0.25) is 14.8 Å². The first kappa shape index (κ1) is 14.9. The lowest BCUT2D eigenvalue weighted by atomic mass is 10.1. The second-order valence-corrected chi connectivity index (χ2v) is 5.34. The van der Waals surface area contributed by atoms with Gasteiger partial charge in [0.15, 0.2) is 5.82 Å². The number of benzene rings is 1. The van der Waals surface area contributed by atoms with Crippen LogP contribution in [0.2, 0.25) is 0 Å². The highest BCUT2D eigenvalue weighted by molar-refractivity contribution is 6.11. The molecule has 0 aliphatic heterocycles. The zero-order chi connectivity index (χ0) is 17.1. The average molecular weight is 327 g/mol. The maximum atomic E-state index is 12.7. The fourth-order valence-corrected chi connectivity index (χ4v) is 2.53. The van der Waals surface area contributed by atoms with E-state index in [2.05, 4.69) is 25.3 Å². The van der Waals surface area contributed by atoms with E-state index in [1.54, 1.807) is 36.9 Å². The number of aromatic nitrogens is 4. The van der Waals surface area contributed by atoms with E-state index >= 15 is 0 Å². The summed E-state index contributed by atoms with van der Waals surface area (Å²) in [5.41, 5.74) is 1.94. The Labute approximate surface area is 143 Å². The number of hydrogen-bond donors (Lipinski definition) is 1. The standard InChI is InChI=1S/C19H13N5O/c25-19(15-7-1-4-13-5-3-10-21-17(13)15)24-16-8-11-22-18(23-16)14-6-2-9-20-12-14/h1-12H,(H,22,23,24,25). The molecule has 0 radical (unpaired) electrons. The first-order valence-corrected chi connectivity index (χ1v) is 7.70. The minimum atomic E-state index is -0.264. The van der Waals surface area contributed by atoms with Gasteiger partial charge < -0.3 is 5.32 Å². The summed E-state index contributed by atoms with van der Waals surface area (Å²) in [6.45, 7) is 0. The summed E-state index contributed by atoms with van der Waals surface area (Å²) in [4.78, 5) is 29.6. The normalized spacial score (nSPS) is 10.6. The Balaban J connectivity index is 1.65. The molecule has 1 amide bonds. The second-order valence-electron chi connectivity index (χ2n) is 5.34. The van der Waals surface area contributed by atoms with Gasteiger partial charge in [0, 0.05) is 35.7 Å². The largest absolute Gasteiger partial charge is 0.306 e. The maximum absolute atomic E-state index is 12.7. The monoisotopic (exact) mass is 327 g/mol. The van der Waals surface area contributed by atoms with Crippen molar-refractivity contribution in [3.8, 4) is 11.4 Å². The van der Waals surface area contributed by atoms with Crippen molar-refractivity contribution in [1.82, 2.24) is 19.9 Å². The molecular weight excluding hydrogens is 314 g/mol. The molecule has 0 aliphatic carbocycles. The van der Waals surface area contributed by atoms with Crippen LogP contribution in [-0.2, 0) is 0 Å². The molecule has 6 nitrogen and oxygen atoms in total. The van der Waals surface area contributed by atoms with Crippen LogP contribution < -0.4 is 5.32 Å². The second kappa shape index (κ2) is 6.45. The van der Waals surface area contributed by atoms with Crippen LogP contribution in [0.5, 0.6) is 0 Å². The van der Waals surface area contributed by atoms with Gasteiger partial charge in [0.1, 0.15) is 5.82 Å². The summed E-state index contributed by atoms with van der Waals surface area (Å²) in [6, 6.07) is 14.6.